The minimum Gasteiger partial charge on any atom is -0.443 e. The maximum absolute atomic E-state index is 12.2. The van der Waals surface area contributed by atoms with Gasteiger partial charge in [0.25, 0.3) is 0 Å². The lowest BCUT2D eigenvalue weighted by Crippen LogP contribution is -2.43. The molecule has 8 heteroatoms. The molecule has 0 aliphatic carbocycles. The number of rotatable bonds is 2. The van der Waals surface area contributed by atoms with E-state index in [0.717, 1.165) is 4.90 Å². The fraction of sp³-hybridized carbons (Fsp3) is 0.643. The van der Waals surface area contributed by atoms with Gasteiger partial charge >= 0.3 is 12.2 Å². The average Bonchev–Trinajstić information content (AvgIpc) is 2.66. The van der Waals surface area contributed by atoms with Crippen LogP contribution in [0.1, 0.15) is 47.2 Å². The van der Waals surface area contributed by atoms with E-state index in [1.165, 1.54) is 6.07 Å². The van der Waals surface area contributed by atoms with Crippen LogP contribution in [0.2, 0.25) is 0 Å². The van der Waals surface area contributed by atoms with Crippen molar-refractivity contribution < 1.29 is 19.1 Å². The number of anilines is 1. The van der Waals surface area contributed by atoms with Crippen molar-refractivity contribution in [2.45, 2.75) is 59.3 Å². The van der Waals surface area contributed by atoms with Crippen molar-refractivity contribution >= 4 is 18.0 Å². The number of carbonyl (C=O) groups is 2. The summed E-state index contributed by atoms with van der Waals surface area (Å²) in [4.78, 5) is 25.3. The molecule has 0 aliphatic rings. The lowest BCUT2D eigenvalue weighted by molar-refractivity contribution is -0.000473. The summed E-state index contributed by atoms with van der Waals surface area (Å²) in [6.07, 6.45) is -1.59. The molecule has 1 aromatic heterocycles. The number of hydrogen-bond acceptors (Lipinski definition) is 6. The quantitative estimate of drug-likeness (QED) is 0.868. The lowest BCUT2D eigenvalue weighted by atomic mass is 10.2. The Hall–Kier alpha value is -2.25. The van der Waals surface area contributed by atoms with Crippen LogP contribution in [0.5, 0.6) is 0 Å². The SMILES string of the molecule is CC(C)(C)OC(=O)N(Cc1cc(N)n[nH]1)C(=O)OC(C)(C)C. The van der Waals surface area contributed by atoms with Gasteiger partial charge in [-0.25, -0.2) is 14.5 Å². The number of amides is 2. The second-order valence-electron chi connectivity index (χ2n) is 6.86. The lowest BCUT2D eigenvalue weighted by Gasteiger charge is -2.28. The summed E-state index contributed by atoms with van der Waals surface area (Å²) < 4.78 is 10.5. The van der Waals surface area contributed by atoms with Crippen molar-refractivity contribution in [3.05, 3.63) is 11.8 Å². The van der Waals surface area contributed by atoms with Crippen LogP contribution in [0.25, 0.3) is 0 Å². The third kappa shape index (κ3) is 6.02. The first-order chi connectivity index (χ1) is 9.87. The van der Waals surface area contributed by atoms with Crippen LogP contribution in [0, 0.1) is 0 Å². The summed E-state index contributed by atoms with van der Waals surface area (Å²) in [5, 5.41) is 6.40. The zero-order valence-electron chi connectivity index (χ0n) is 13.9. The van der Waals surface area contributed by atoms with E-state index in [-0.39, 0.29) is 12.4 Å². The van der Waals surface area contributed by atoms with E-state index < -0.39 is 23.4 Å². The molecule has 0 saturated heterocycles. The summed E-state index contributed by atoms with van der Waals surface area (Å²) >= 11 is 0. The number of imide groups is 1. The van der Waals surface area contributed by atoms with Gasteiger partial charge in [0.2, 0.25) is 0 Å². The molecule has 0 saturated carbocycles. The van der Waals surface area contributed by atoms with Gasteiger partial charge in [-0.15, -0.1) is 0 Å². The van der Waals surface area contributed by atoms with E-state index in [2.05, 4.69) is 10.2 Å². The first-order valence-electron chi connectivity index (χ1n) is 6.90. The normalized spacial score (nSPS) is 11.9. The molecule has 0 fully saturated rings. The molecule has 8 nitrogen and oxygen atoms in total. The van der Waals surface area contributed by atoms with Gasteiger partial charge in [0, 0.05) is 6.07 Å². The molecule has 1 aromatic rings. The fourth-order valence-electron chi connectivity index (χ4n) is 1.47. The van der Waals surface area contributed by atoms with Crippen LogP contribution >= 0.6 is 0 Å². The fourth-order valence-corrected chi connectivity index (χ4v) is 1.47. The third-order valence-electron chi connectivity index (χ3n) is 2.21. The highest BCUT2D eigenvalue weighted by atomic mass is 16.6. The summed E-state index contributed by atoms with van der Waals surface area (Å²) in [5.41, 5.74) is 4.55. The van der Waals surface area contributed by atoms with Crippen molar-refractivity contribution in [3.63, 3.8) is 0 Å². The number of hydrogen-bond donors (Lipinski definition) is 2. The molecule has 3 N–H and O–H groups in total. The molecule has 0 unspecified atom stereocenters. The predicted molar refractivity (Wildman–Crippen MR) is 81.0 cm³/mol. The van der Waals surface area contributed by atoms with Gasteiger partial charge < -0.3 is 15.2 Å². The van der Waals surface area contributed by atoms with Crippen molar-refractivity contribution in [1.82, 2.24) is 15.1 Å². The van der Waals surface area contributed by atoms with Crippen molar-refractivity contribution in [3.8, 4) is 0 Å². The van der Waals surface area contributed by atoms with Crippen LogP contribution in [-0.4, -0.2) is 38.5 Å². The number of nitrogens with one attached hydrogen (secondary N) is 1. The second kappa shape index (κ2) is 6.25. The average molecular weight is 312 g/mol. The summed E-state index contributed by atoms with van der Waals surface area (Å²) in [5.74, 6) is 0.267. The van der Waals surface area contributed by atoms with Crippen molar-refractivity contribution in [2.24, 2.45) is 0 Å². The van der Waals surface area contributed by atoms with E-state index in [1.54, 1.807) is 41.5 Å². The molecule has 1 rings (SSSR count). The first kappa shape index (κ1) is 17.8. The van der Waals surface area contributed by atoms with Crippen molar-refractivity contribution in [1.29, 1.82) is 0 Å². The van der Waals surface area contributed by atoms with Gasteiger partial charge in [-0.05, 0) is 41.5 Å². The standard InChI is InChI=1S/C14H24N4O4/c1-13(2,3)21-11(19)18(12(20)22-14(4,5)6)8-9-7-10(15)17-16-9/h7H,8H2,1-6H3,(H3,15,16,17). The Morgan fingerprint density at radius 3 is 1.91 bits per heavy atom. The molecule has 0 aromatic carbocycles. The molecule has 1 heterocycles. The maximum Gasteiger partial charge on any atom is 0.420 e. The first-order valence-corrected chi connectivity index (χ1v) is 6.90. The highest BCUT2D eigenvalue weighted by molar-refractivity contribution is 5.88. The zero-order chi connectivity index (χ0) is 17.1. The Kier molecular flexibility index (Phi) is 5.05. The molecule has 124 valence electrons. The monoisotopic (exact) mass is 312 g/mol. The highest BCUT2D eigenvalue weighted by Gasteiger charge is 2.31. The molecule has 0 aliphatic heterocycles. The van der Waals surface area contributed by atoms with E-state index in [4.69, 9.17) is 15.2 Å². The molecule has 2 amide bonds. The van der Waals surface area contributed by atoms with Gasteiger partial charge in [-0.1, -0.05) is 0 Å². The number of nitrogen functional groups attached to an aromatic ring is 1. The van der Waals surface area contributed by atoms with Crippen LogP contribution in [0.4, 0.5) is 15.4 Å². The molecule has 0 radical (unpaired) electrons. The summed E-state index contributed by atoms with van der Waals surface area (Å²) in [6, 6.07) is 1.53. The van der Waals surface area contributed by atoms with E-state index >= 15 is 0 Å². The van der Waals surface area contributed by atoms with Crippen LogP contribution in [0.3, 0.4) is 0 Å². The number of carbonyl (C=O) groups excluding carboxylic acids is 2. The molecule has 0 spiro atoms. The van der Waals surface area contributed by atoms with Gasteiger partial charge in [0.15, 0.2) is 0 Å². The number of nitrogens with zero attached hydrogens (tertiary/aromatic N) is 2. The molecule has 0 atom stereocenters. The zero-order valence-corrected chi connectivity index (χ0v) is 13.9. The number of aromatic amines is 1. The van der Waals surface area contributed by atoms with Gasteiger partial charge in [-0.2, -0.15) is 5.10 Å². The Balaban J connectivity index is 2.93. The number of aromatic nitrogens is 2. The molecule has 0 bridgehead atoms. The van der Waals surface area contributed by atoms with Crippen molar-refractivity contribution in [2.75, 3.05) is 5.73 Å². The minimum atomic E-state index is -0.796. The van der Waals surface area contributed by atoms with E-state index in [9.17, 15) is 9.59 Å². The van der Waals surface area contributed by atoms with Crippen LogP contribution < -0.4 is 5.73 Å². The Labute approximate surface area is 129 Å². The highest BCUT2D eigenvalue weighted by Crippen LogP contribution is 2.16. The topological polar surface area (TPSA) is 111 Å². The van der Waals surface area contributed by atoms with E-state index in [1.807, 2.05) is 0 Å². The van der Waals surface area contributed by atoms with Gasteiger partial charge in [0.05, 0.1) is 12.2 Å². The Morgan fingerprint density at radius 1 is 1.14 bits per heavy atom. The maximum atomic E-state index is 12.2. The second-order valence-corrected chi connectivity index (χ2v) is 6.86. The van der Waals surface area contributed by atoms with Crippen LogP contribution in [-0.2, 0) is 16.0 Å². The van der Waals surface area contributed by atoms with Gasteiger partial charge in [-0.3, -0.25) is 5.10 Å². The molecule has 22 heavy (non-hydrogen) atoms. The predicted octanol–water partition coefficient (Wildman–Crippen LogP) is 2.66. The molecular weight excluding hydrogens is 288 g/mol. The minimum absolute atomic E-state index is 0.0754. The third-order valence-corrected chi connectivity index (χ3v) is 2.21. The number of ether oxygens (including phenoxy) is 2. The summed E-state index contributed by atoms with van der Waals surface area (Å²) in [6.45, 7) is 10.2. The van der Waals surface area contributed by atoms with E-state index in [0.29, 0.717) is 5.69 Å². The molecular formula is C14H24N4O4. The summed E-state index contributed by atoms with van der Waals surface area (Å²) in [7, 11) is 0. The smallest absolute Gasteiger partial charge is 0.420 e. The van der Waals surface area contributed by atoms with Crippen LogP contribution in [0.15, 0.2) is 6.07 Å². The number of H-pyrrole nitrogens is 1. The largest absolute Gasteiger partial charge is 0.443 e. The Morgan fingerprint density at radius 2 is 1.59 bits per heavy atom. The number of nitrogens with two attached hydrogens (primary N) is 1. The van der Waals surface area contributed by atoms with Gasteiger partial charge in [0.1, 0.15) is 17.0 Å². The Bertz CT molecular complexity index is 512.